The molecule has 1 saturated heterocycles. The number of hydrogen-bond donors (Lipinski definition) is 1. The Morgan fingerprint density at radius 2 is 2.25 bits per heavy atom. The number of allylic oxidation sites excluding steroid dienone is 1. The summed E-state index contributed by atoms with van der Waals surface area (Å²) < 4.78 is 0. The van der Waals surface area contributed by atoms with Crippen molar-refractivity contribution in [3.8, 4) is 5.75 Å². The highest BCUT2D eigenvalue weighted by molar-refractivity contribution is 5.43. The van der Waals surface area contributed by atoms with Crippen molar-refractivity contribution in [1.29, 1.82) is 0 Å². The molecule has 3 rings (SSSR count). The lowest BCUT2D eigenvalue weighted by atomic mass is 9.65. The van der Waals surface area contributed by atoms with Crippen molar-refractivity contribution in [2.75, 3.05) is 13.1 Å². The molecule has 1 aromatic rings. The summed E-state index contributed by atoms with van der Waals surface area (Å²) in [7, 11) is 0. The third-order valence-electron chi connectivity index (χ3n) is 5.09. The summed E-state index contributed by atoms with van der Waals surface area (Å²) in [6.45, 7) is 8.96. The second kappa shape index (κ2) is 4.92. The predicted octanol–water partition coefficient (Wildman–Crippen LogP) is 3.64. The van der Waals surface area contributed by atoms with Crippen molar-refractivity contribution < 1.29 is 5.11 Å². The van der Waals surface area contributed by atoms with Crippen LogP contribution in [0.1, 0.15) is 44.7 Å². The number of likely N-dealkylation sites (tertiary alicyclic amines) is 1. The van der Waals surface area contributed by atoms with Gasteiger partial charge in [-0.3, -0.25) is 4.90 Å². The SMILES string of the molecule is CC(C)=CCN1CC[C@]2(C)CC1Cc1ccc(O)cc12. The van der Waals surface area contributed by atoms with Gasteiger partial charge in [0.15, 0.2) is 0 Å². The molecule has 1 fully saturated rings. The Kier molecular flexibility index (Phi) is 3.37. The summed E-state index contributed by atoms with van der Waals surface area (Å²) in [6, 6.07) is 6.61. The van der Waals surface area contributed by atoms with E-state index >= 15 is 0 Å². The summed E-state index contributed by atoms with van der Waals surface area (Å²) in [5.74, 6) is 0.412. The van der Waals surface area contributed by atoms with Crippen LogP contribution in [-0.2, 0) is 11.8 Å². The van der Waals surface area contributed by atoms with Crippen LogP contribution in [0.3, 0.4) is 0 Å². The maximum Gasteiger partial charge on any atom is 0.115 e. The van der Waals surface area contributed by atoms with Crippen LogP contribution in [0, 0.1) is 0 Å². The molecule has 0 aromatic heterocycles. The van der Waals surface area contributed by atoms with E-state index in [1.807, 2.05) is 12.1 Å². The third-order valence-corrected chi connectivity index (χ3v) is 5.09. The molecule has 1 N–H and O–H groups in total. The molecule has 1 aromatic carbocycles. The number of nitrogens with zero attached hydrogens (tertiary/aromatic N) is 1. The Morgan fingerprint density at radius 1 is 1.45 bits per heavy atom. The lowest BCUT2D eigenvalue weighted by Crippen LogP contribution is -2.52. The lowest BCUT2D eigenvalue weighted by Gasteiger charge is -2.49. The van der Waals surface area contributed by atoms with Crippen LogP contribution >= 0.6 is 0 Å². The Balaban J connectivity index is 1.88. The summed E-state index contributed by atoms with van der Waals surface area (Å²) in [5.41, 5.74) is 4.47. The van der Waals surface area contributed by atoms with E-state index in [0.29, 0.717) is 11.8 Å². The zero-order valence-corrected chi connectivity index (χ0v) is 12.8. The standard InChI is InChI=1S/C18H25NO/c1-13(2)6-8-19-9-7-18(3)12-15(19)10-14-4-5-16(20)11-17(14)18/h4-6,11,15,20H,7-10,12H2,1-3H3/t15?,18-/m1/s1. The van der Waals surface area contributed by atoms with E-state index in [-0.39, 0.29) is 5.41 Å². The first kappa shape index (κ1) is 13.7. The van der Waals surface area contributed by atoms with Gasteiger partial charge in [-0.15, -0.1) is 0 Å². The zero-order chi connectivity index (χ0) is 14.3. The molecule has 0 spiro atoms. The van der Waals surface area contributed by atoms with Crippen LogP contribution in [0.4, 0.5) is 0 Å². The molecule has 0 amide bonds. The van der Waals surface area contributed by atoms with Gasteiger partial charge in [0.2, 0.25) is 0 Å². The van der Waals surface area contributed by atoms with Gasteiger partial charge in [-0.25, -0.2) is 0 Å². The quantitative estimate of drug-likeness (QED) is 0.830. The normalized spacial score (nSPS) is 28.9. The molecule has 1 heterocycles. The lowest BCUT2D eigenvalue weighted by molar-refractivity contribution is 0.0985. The number of benzene rings is 1. The summed E-state index contributed by atoms with van der Waals surface area (Å²) in [5, 5.41) is 9.78. The predicted molar refractivity (Wildman–Crippen MR) is 83.2 cm³/mol. The molecule has 1 aliphatic carbocycles. The Hall–Kier alpha value is -1.28. The summed E-state index contributed by atoms with van der Waals surface area (Å²) >= 11 is 0. The zero-order valence-electron chi connectivity index (χ0n) is 12.8. The minimum absolute atomic E-state index is 0.248. The minimum Gasteiger partial charge on any atom is -0.508 e. The summed E-state index contributed by atoms with van der Waals surface area (Å²) in [4.78, 5) is 2.63. The van der Waals surface area contributed by atoms with Crippen molar-refractivity contribution in [2.45, 2.75) is 51.5 Å². The average molecular weight is 271 g/mol. The maximum absolute atomic E-state index is 9.78. The number of piperidine rings is 1. The first-order chi connectivity index (χ1) is 9.48. The van der Waals surface area contributed by atoms with E-state index in [4.69, 9.17) is 0 Å². The topological polar surface area (TPSA) is 23.5 Å². The molecular weight excluding hydrogens is 246 g/mol. The smallest absolute Gasteiger partial charge is 0.115 e. The molecule has 20 heavy (non-hydrogen) atoms. The fourth-order valence-corrected chi connectivity index (χ4v) is 3.87. The number of phenolic OH excluding ortho intramolecular Hbond substituents is 1. The van der Waals surface area contributed by atoms with Crippen molar-refractivity contribution in [2.24, 2.45) is 0 Å². The fourth-order valence-electron chi connectivity index (χ4n) is 3.87. The number of hydrogen-bond acceptors (Lipinski definition) is 2. The first-order valence-electron chi connectivity index (χ1n) is 7.68. The molecule has 0 radical (unpaired) electrons. The van der Waals surface area contributed by atoms with E-state index in [9.17, 15) is 5.11 Å². The second-order valence-corrected chi connectivity index (χ2v) is 6.99. The highest BCUT2D eigenvalue weighted by Gasteiger charge is 2.42. The van der Waals surface area contributed by atoms with Gasteiger partial charge in [0.05, 0.1) is 0 Å². The van der Waals surface area contributed by atoms with E-state index < -0.39 is 0 Å². The van der Waals surface area contributed by atoms with Crippen LogP contribution in [0.15, 0.2) is 29.8 Å². The highest BCUT2D eigenvalue weighted by atomic mass is 16.3. The molecule has 2 nitrogen and oxygen atoms in total. The molecule has 108 valence electrons. The maximum atomic E-state index is 9.78. The Morgan fingerprint density at radius 3 is 3.00 bits per heavy atom. The largest absolute Gasteiger partial charge is 0.508 e. The fraction of sp³-hybridized carbons (Fsp3) is 0.556. The molecule has 1 aliphatic heterocycles. The summed E-state index contributed by atoms with van der Waals surface area (Å²) in [6.07, 6.45) is 5.88. The highest BCUT2D eigenvalue weighted by Crippen LogP contribution is 2.45. The van der Waals surface area contributed by atoms with Gasteiger partial charge in [0.25, 0.3) is 0 Å². The monoisotopic (exact) mass is 271 g/mol. The minimum atomic E-state index is 0.248. The molecular formula is C18H25NO. The van der Waals surface area contributed by atoms with Gasteiger partial charge in [0.1, 0.15) is 5.75 Å². The number of fused-ring (bicyclic) bond motifs is 4. The number of aromatic hydroxyl groups is 1. The van der Waals surface area contributed by atoms with Gasteiger partial charge >= 0.3 is 0 Å². The molecule has 2 atom stereocenters. The Bertz CT molecular complexity index is 544. The van der Waals surface area contributed by atoms with Crippen LogP contribution in [0.5, 0.6) is 5.75 Å². The third kappa shape index (κ3) is 2.37. The number of rotatable bonds is 2. The van der Waals surface area contributed by atoms with Crippen LogP contribution in [-0.4, -0.2) is 29.1 Å². The van der Waals surface area contributed by atoms with Crippen molar-refractivity contribution in [3.05, 3.63) is 41.0 Å². The molecule has 2 heteroatoms. The van der Waals surface area contributed by atoms with E-state index in [1.165, 1.54) is 36.1 Å². The van der Waals surface area contributed by atoms with Gasteiger partial charge in [-0.2, -0.15) is 0 Å². The van der Waals surface area contributed by atoms with Crippen LogP contribution in [0.25, 0.3) is 0 Å². The van der Waals surface area contributed by atoms with E-state index in [1.54, 1.807) is 0 Å². The van der Waals surface area contributed by atoms with E-state index in [0.717, 1.165) is 13.0 Å². The van der Waals surface area contributed by atoms with Gasteiger partial charge < -0.3 is 5.11 Å². The average Bonchev–Trinajstić information content (AvgIpc) is 2.39. The Labute approximate surface area is 122 Å². The van der Waals surface area contributed by atoms with Crippen molar-refractivity contribution in [3.63, 3.8) is 0 Å². The van der Waals surface area contributed by atoms with Gasteiger partial charge in [-0.1, -0.05) is 24.6 Å². The van der Waals surface area contributed by atoms with Crippen molar-refractivity contribution in [1.82, 2.24) is 4.90 Å². The van der Waals surface area contributed by atoms with Crippen LogP contribution < -0.4 is 0 Å². The second-order valence-electron chi connectivity index (χ2n) is 6.99. The molecule has 2 aliphatic rings. The van der Waals surface area contributed by atoms with Gasteiger partial charge in [0, 0.05) is 12.6 Å². The number of phenols is 1. The van der Waals surface area contributed by atoms with Crippen molar-refractivity contribution >= 4 is 0 Å². The van der Waals surface area contributed by atoms with Gasteiger partial charge in [-0.05, 0) is 68.3 Å². The first-order valence-corrected chi connectivity index (χ1v) is 7.68. The molecule has 0 saturated carbocycles. The molecule has 1 unspecified atom stereocenters. The molecule has 2 bridgehead atoms. The van der Waals surface area contributed by atoms with Crippen LogP contribution in [0.2, 0.25) is 0 Å². The van der Waals surface area contributed by atoms with E-state index in [2.05, 4.69) is 37.8 Å².